The molecule has 2 rings (SSSR count). The van der Waals surface area contributed by atoms with Crippen LogP contribution >= 0.6 is 0 Å². The Morgan fingerprint density at radius 3 is 2.92 bits per heavy atom. The number of aromatic nitrogens is 1. The normalized spacial score (nSPS) is 23.0. The maximum Gasteiger partial charge on any atom is 0.0462 e. The highest BCUT2D eigenvalue weighted by Gasteiger charge is 2.13. The molecule has 0 aliphatic carbocycles. The summed E-state index contributed by atoms with van der Waals surface area (Å²) in [6.45, 7) is 5.12. The summed E-state index contributed by atoms with van der Waals surface area (Å²) in [5.41, 5.74) is 2.35. The van der Waals surface area contributed by atoms with Gasteiger partial charge in [0.1, 0.15) is 0 Å². The summed E-state index contributed by atoms with van der Waals surface area (Å²) >= 11 is 0. The SMILES string of the molecule is Cc1ccc(C2CNCCN2)cn1. The van der Waals surface area contributed by atoms with Gasteiger partial charge in [-0.2, -0.15) is 0 Å². The first kappa shape index (κ1) is 8.66. The third-order valence-electron chi connectivity index (χ3n) is 2.38. The highest BCUT2D eigenvalue weighted by Crippen LogP contribution is 2.12. The molecule has 1 unspecified atom stereocenters. The monoisotopic (exact) mass is 177 g/mol. The zero-order valence-electron chi connectivity index (χ0n) is 7.88. The van der Waals surface area contributed by atoms with E-state index in [0.29, 0.717) is 6.04 Å². The number of nitrogens with one attached hydrogen (secondary N) is 2. The largest absolute Gasteiger partial charge is 0.314 e. The van der Waals surface area contributed by atoms with Crippen LogP contribution in [0.25, 0.3) is 0 Å². The Kier molecular flexibility index (Phi) is 2.57. The molecule has 1 aliphatic heterocycles. The van der Waals surface area contributed by atoms with Crippen molar-refractivity contribution in [3.05, 3.63) is 29.6 Å². The number of aryl methyl sites for hydroxylation is 1. The van der Waals surface area contributed by atoms with E-state index in [9.17, 15) is 0 Å². The van der Waals surface area contributed by atoms with Crippen LogP contribution in [-0.4, -0.2) is 24.6 Å². The molecule has 3 heteroatoms. The first-order valence-electron chi connectivity index (χ1n) is 4.73. The summed E-state index contributed by atoms with van der Waals surface area (Å²) in [6, 6.07) is 4.64. The maximum absolute atomic E-state index is 4.29. The molecule has 1 aromatic heterocycles. The number of rotatable bonds is 1. The van der Waals surface area contributed by atoms with Gasteiger partial charge in [0.25, 0.3) is 0 Å². The standard InChI is InChI=1S/C10H15N3/c1-8-2-3-9(6-13-8)10-7-11-4-5-12-10/h2-3,6,10-12H,4-5,7H2,1H3. The molecule has 1 aromatic rings. The number of piperazine rings is 1. The van der Waals surface area contributed by atoms with Crippen molar-refractivity contribution in [2.24, 2.45) is 0 Å². The Bertz CT molecular complexity index is 262. The summed E-state index contributed by atoms with van der Waals surface area (Å²) < 4.78 is 0. The zero-order valence-corrected chi connectivity index (χ0v) is 7.88. The van der Waals surface area contributed by atoms with Gasteiger partial charge < -0.3 is 10.6 Å². The Hall–Kier alpha value is -0.930. The van der Waals surface area contributed by atoms with E-state index >= 15 is 0 Å². The average molecular weight is 177 g/mol. The number of nitrogens with zero attached hydrogens (tertiary/aromatic N) is 1. The number of hydrogen-bond donors (Lipinski definition) is 2. The Labute approximate surface area is 78.6 Å². The van der Waals surface area contributed by atoms with Gasteiger partial charge in [-0.25, -0.2) is 0 Å². The predicted octanol–water partition coefficient (Wildman–Crippen LogP) is 0.624. The Morgan fingerprint density at radius 1 is 1.38 bits per heavy atom. The lowest BCUT2D eigenvalue weighted by atomic mass is 10.1. The van der Waals surface area contributed by atoms with E-state index in [2.05, 4.69) is 27.8 Å². The quantitative estimate of drug-likeness (QED) is 0.660. The summed E-state index contributed by atoms with van der Waals surface area (Å²) in [4.78, 5) is 4.29. The lowest BCUT2D eigenvalue weighted by molar-refractivity contribution is 0.429. The van der Waals surface area contributed by atoms with Crippen LogP contribution in [0.4, 0.5) is 0 Å². The first-order chi connectivity index (χ1) is 6.36. The molecule has 1 saturated heterocycles. The van der Waals surface area contributed by atoms with Gasteiger partial charge in [-0.15, -0.1) is 0 Å². The van der Waals surface area contributed by atoms with Crippen LogP contribution in [-0.2, 0) is 0 Å². The van der Waals surface area contributed by atoms with Gasteiger partial charge in [0, 0.05) is 37.6 Å². The highest BCUT2D eigenvalue weighted by atomic mass is 15.1. The van der Waals surface area contributed by atoms with Gasteiger partial charge in [-0.1, -0.05) is 6.07 Å². The van der Waals surface area contributed by atoms with Crippen molar-refractivity contribution in [1.82, 2.24) is 15.6 Å². The topological polar surface area (TPSA) is 37.0 Å². The minimum atomic E-state index is 0.432. The first-order valence-corrected chi connectivity index (χ1v) is 4.73. The Balaban J connectivity index is 2.10. The summed E-state index contributed by atoms with van der Waals surface area (Å²) in [6.07, 6.45) is 1.96. The van der Waals surface area contributed by atoms with E-state index in [1.807, 2.05) is 13.1 Å². The van der Waals surface area contributed by atoms with Crippen LogP contribution < -0.4 is 10.6 Å². The molecular weight excluding hydrogens is 162 g/mol. The molecule has 70 valence electrons. The van der Waals surface area contributed by atoms with Crippen molar-refractivity contribution >= 4 is 0 Å². The Morgan fingerprint density at radius 2 is 2.31 bits per heavy atom. The molecule has 2 heterocycles. The summed E-state index contributed by atoms with van der Waals surface area (Å²) in [5.74, 6) is 0. The smallest absolute Gasteiger partial charge is 0.0462 e. The minimum absolute atomic E-state index is 0.432. The molecule has 0 amide bonds. The molecular formula is C10H15N3. The van der Waals surface area contributed by atoms with Crippen molar-refractivity contribution in [3.63, 3.8) is 0 Å². The second-order valence-corrected chi connectivity index (χ2v) is 3.44. The lowest BCUT2D eigenvalue weighted by Crippen LogP contribution is -2.42. The third-order valence-corrected chi connectivity index (χ3v) is 2.38. The molecule has 3 nitrogen and oxygen atoms in total. The van der Waals surface area contributed by atoms with Crippen molar-refractivity contribution in [3.8, 4) is 0 Å². The van der Waals surface area contributed by atoms with Crippen LogP contribution in [0.5, 0.6) is 0 Å². The third kappa shape index (κ3) is 2.05. The molecule has 1 aliphatic rings. The van der Waals surface area contributed by atoms with Crippen molar-refractivity contribution in [2.45, 2.75) is 13.0 Å². The van der Waals surface area contributed by atoms with Gasteiger partial charge >= 0.3 is 0 Å². The van der Waals surface area contributed by atoms with E-state index in [1.54, 1.807) is 0 Å². The fourth-order valence-corrected chi connectivity index (χ4v) is 1.57. The van der Waals surface area contributed by atoms with E-state index < -0.39 is 0 Å². The van der Waals surface area contributed by atoms with E-state index in [1.165, 1.54) is 5.56 Å². The van der Waals surface area contributed by atoms with Gasteiger partial charge in [0.2, 0.25) is 0 Å². The van der Waals surface area contributed by atoms with Gasteiger partial charge in [0.05, 0.1) is 0 Å². The van der Waals surface area contributed by atoms with E-state index in [4.69, 9.17) is 0 Å². The van der Waals surface area contributed by atoms with Crippen molar-refractivity contribution in [2.75, 3.05) is 19.6 Å². The fraction of sp³-hybridized carbons (Fsp3) is 0.500. The minimum Gasteiger partial charge on any atom is -0.314 e. The number of hydrogen-bond acceptors (Lipinski definition) is 3. The van der Waals surface area contributed by atoms with E-state index in [0.717, 1.165) is 25.3 Å². The molecule has 0 spiro atoms. The average Bonchev–Trinajstić information content (AvgIpc) is 2.20. The van der Waals surface area contributed by atoms with Crippen LogP contribution in [0.1, 0.15) is 17.3 Å². The molecule has 1 fully saturated rings. The molecule has 0 bridgehead atoms. The molecule has 0 aromatic carbocycles. The van der Waals surface area contributed by atoms with Gasteiger partial charge in [-0.3, -0.25) is 4.98 Å². The second kappa shape index (κ2) is 3.85. The summed E-state index contributed by atoms with van der Waals surface area (Å²) in [5, 5.41) is 6.81. The zero-order chi connectivity index (χ0) is 9.10. The van der Waals surface area contributed by atoms with Crippen LogP contribution in [0, 0.1) is 6.92 Å². The predicted molar refractivity (Wildman–Crippen MR) is 52.6 cm³/mol. The molecule has 0 saturated carbocycles. The van der Waals surface area contributed by atoms with Crippen LogP contribution in [0.2, 0.25) is 0 Å². The molecule has 0 radical (unpaired) electrons. The summed E-state index contributed by atoms with van der Waals surface area (Å²) in [7, 11) is 0. The maximum atomic E-state index is 4.29. The number of pyridine rings is 1. The van der Waals surface area contributed by atoms with E-state index in [-0.39, 0.29) is 0 Å². The van der Waals surface area contributed by atoms with Crippen molar-refractivity contribution in [1.29, 1.82) is 0 Å². The van der Waals surface area contributed by atoms with Crippen LogP contribution in [0.15, 0.2) is 18.3 Å². The molecule has 1 atom stereocenters. The second-order valence-electron chi connectivity index (χ2n) is 3.44. The van der Waals surface area contributed by atoms with Gasteiger partial charge in [0.15, 0.2) is 0 Å². The highest BCUT2D eigenvalue weighted by molar-refractivity contribution is 5.18. The lowest BCUT2D eigenvalue weighted by Gasteiger charge is -2.24. The van der Waals surface area contributed by atoms with Crippen LogP contribution in [0.3, 0.4) is 0 Å². The van der Waals surface area contributed by atoms with Gasteiger partial charge in [-0.05, 0) is 18.6 Å². The van der Waals surface area contributed by atoms with Crippen molar-refractivity contribution < 1.29 is 0 Å². The fourth-order valence-electron chi connectivity index (χ4n) is 1.57. The molecule has 13 heavy (non-hydrogen) atoms. The molecule has 2 N–H and O–H groups in total.